The van der Waals surface area contributed by atoms with Crippen molar-refractivity contribution in [2.24, 2.45) is 23.7 Å². The number of aromatic hydroxyl groups is 2. The van der Waals surface area contributed by atoms with Gasteiger partial charge in [-0.1, -0.05) is 12.8 Å². The molecule has 2 heterocycles. The Balaban J connectivity index is 1.13. The van der Waals surface area contributed by atoms with E-state index in [-0.39, 0.29) is 49.2 Å². The Morgan fingerprint density at radius 1 is 0.630 bits per heavy atom. The number of fused-ring (bicyclic) bond motifs is 2. The van der Waals surface area contributed by atoms with Crippen molar-refractivity contribution in [1.82, 2.24) is 0 Å². The monoisotopic (exact) mass is 636 g/mol. The lowest BCUT2D eigenvalue weighted by Crippen LogP contribution is -2.37. The number of benzene rings is 2. The first-order valence-electron chi connectivity index (χ1n) is 17.1. The number of carbonyl (C=O) groups excluding carboxylic acids is 2. The molecule has 0 amide bonds. The molecular formula is C38H52O8. The highest BCUT2D eigenvalue weighted by Crippen LogP contribution is 2.44. The number of phenolic OH excluding ortho intramolecular Hbond substituents is 2. The second-order valence-electron chi connectivity index (χ2n) is 14.0. The summed E-state index contributed by atoms with van der Waals surface area (Å²) in [6.07, 6.45) is 5.72. The van der Waals surface area contributed by atoms with Crippen LogP contribution < -0.4 is 9.47 Å². The Labute approximate surface area is 273 Å². The summed E-state index contributed by atoms with van der Waals surface area (Å²) in [5, 5.41) is 21.2. The van der Waals surface area contributed by atoms with Crippen LogP contribution in [0.4, 0.5) is 0 Å². The van der Waals surface area contributed by atoms with Gasteiger partial charge < -0.3 is 29.2 Å². The van der Waals surface area contributed by atoms with E-state index in [0.29, 0.717) is 37.2 Å². The molecule has 1 saturated carbocycles. The Bertz CT molecular complexity index is 1380. The molecule has 0 aromatic heterocycles. The summed E-state index contributed by atoms with van der Waals surface area (Å²) in [5.41, 5.74) is 7.40. The maximum absolute atomic E-state index is 13.3. The van der Waals surface area contributed by atoms with E-state index >= 15 is 0 Å². The zero-order valence-electron chi connectivity index (χ0n) is 28.9. The van der Waals surface area contributed by atoms with Crippen molar-refractivity contribution in [1.29, 1.82) is 0 Å². The van der Waals surface area contributed by atoms with Gasteiger partial charge in [-0.05, 0) is 127 Å². The zero-order chi connectivity index (χ0) is 33.4. The number of ether oxygens (including phenoxy) is 4. The lowest BCUT2D eigenvalue weighted by atomic mass is 9.79. The van der Waals surface area contributed by atoms with E-state index < -0.39 is 11.8 Å². The summed E-state index contributed by atoms with van der Waals surface area (Å²) in [5.74, 6) is 1.04. The van der Waals surface area contributed by atoms with Gasteiger partial charge in [-0.25, -0.2) is 0 Å². The zero-order valence-corrected chi connectivity index (χ0v) is 28.9. The smallest absolute Gasteiger partial charge is 0.309 e. The molecular weight excluding hydrogens is 584 g/mol. The second kappa shape index (κ2) is 13.7. The fourth-order valence-corrected chi connectivity index (χ4v) is 7.77. The molecule has 2 N–H and O–H groups in total. The Morgan fingerprint density at radius 2 is 1.00 bits per heavy atom. The third-order valence-corrected chi connectivity index (χ3v) is 11.4. The van der Waals surface area contributed by atoms with E-state index in [1.54, 1.807) is 0 Å². The van der Waals surface area contributed by atoms with Crippen LogP contribution in [-0.2, 0) is 31.9 Å². The van der Waals surface area contributed by atoms with Gasteiger partial charge in [-0.15, -0.1) is 0 Å². The number of esters is 2. The Kier molecular flexibility index (Phi) is 10.1. The molecule has 2 aliphatic heterocycles. The molecule has 0 spiro atoms. The van der Waals surface area contributed by atoms with E-state index in [9.17, 15) is 19.8 Å². The summed E-state index contributed by atoms with van der Waals surface area (Å²) < 4.78 is 24.2. The van der Waals surface area contributed by atoms with Gasteiger partial charge in [-0.3, -0.25) is 9.59 Å². The van der Waals surface area contributed by atoms with E-state index in [1.807, 2.05) is 55.4 Å². The highest BCUT2D eigenvalue weighted by atomic mass is 16.5. The SMILES string of the molecule is Cc1c(C)c2c(c(C)c1O)CC(CCOC(=O)C1CCCCC1C(=O)OCCC1Cc3c(C)c(O)c(C)c(C)c3OC1C)C(C)O2. The van der Waals surface area contributed by atoms with Crippen LogP contribution in [-0.4, -0.2) is 47.6 Å². The molecule has 8 heteroatoms. The molecule has 0 radical (unpaired) electrons. The molecule has 6 atom stereocenters. The summed E-state index contributed by atoms with van der Waals surface area (Å²) in [4.78, 5) is 26.6. The molecule has 0 bridgehead atoms. The minimum absolute atomic E-state index is 0.0424. The molecule has 252 valence electrons. The van der Waals surface area contributed by atoms with Crippen molar-refractivity contribution in [3.8, 4) is 23.0 Å². The first-order valence-corrected chi connectivity index (χ1v) is 17.1. The quantitative estimate of drug-likeness (QED) is 0.293. The van der Waals surface area contributed by atoms with Gasteiger partial charge in [0.25, 0.3) is 0 Å². The highest BCUT2D eigenvalue weighted by Gasteiger charge is 2.39. The first kappa shape index (κ1) is 33.9. The Hall–Kier alpha value is -3.42. The van der Waals surface area contributed by atoms with Gasteiger partial charge in [-0.2, -0.15) is 0 Å². The molecule has 6 unspecified atom stereocenters. The topological polar surface area (TPSA) is 112 Å². The van der Waals surface area contributed by atoms with Gasteiger partial charge in [0.15, 0.2) is 0 Å². The predicted octanol–water partition coefficient (Wildman–Crippen LogP) is 7.20. The normalized spacial score (nSPS) is 25.5. The van der Waals surface area contributed by atoms with Crippen LogP contribution in [0.25, 0.3) is 0 Å². The standard InChI is InChI=1S/C38H52O8/c1-19-21(3)35-31(23(5)33(19)39)17-27(25(7)45-35)13-15-43-37(41)29-11-9-10-12-30(29)38(42)44-16-14-28-18-32-24(6)34(40)20(2)22(4)36(32)46-26(28)8/h25-30,39-40H,9-18H2,1-8H3. The van der Waals surface area contributed by atoms with Gasteiger partial charge in [0.05, 0.1) is 37.3 Å². The predicted molar refractivity (Wildman–Crippen MR) is 176 cm³/mol. The summed E-state index contributed by atoms with van der Waals surface area (Å²) in [6, 6.07) is 0. The third kappa shape index (κ3) is 6.41. The van der Waals surface area contributed by atoms with Crippen molar-refractivity contribution >= 4 is 11.9 Å². The third-order valence-electron chi connectivity index (χ3n) is 11.4. The van der Waals surface area contributed by atoms with Crippen molar-refractivity contribution in [3.05, 3.63) is 44.5 Å². The second-order valence-corrected chi connectivity index (χ2v) is 14.0. The molecule has 3 aliphatic rings. The van der Waals surface area contributed by atoms with Crippen molar-refractivity contribution in [3.63, 3.8) is 0 Å². The first-order chi connectivity index (χ1) is 21.8. The molecule has 5 rings (SSSR count). The molecule has 2 aromatic rings. The van der Waals surface area contributed by atoms with E-state index in [4.69, 9.17) is 18.9 Å². The summed E-state index contributed by atoms with van der Waals surface area (Å²) in [6.45, 7) is 16.2. The molecule has 8 nitrogen and oxygen atoms in total. The highest BCUT2D eigenvalue weighted by molar-refractivity contribution is 5.82. The van der Waals surface area contributed by atoms with Crippen LogP contribution in [0, 0.1) is 65.2 Å². The summed E-state index contributed by atoms with van der Waals surface area (Å²) in [7, 11) is 0. The van der Waals surface area contributed by atoms with Crippen LogP contribution in [0.3, 0.4) is 0 Å². The maximum Gasteiger partial charge on any atom is 0.309 e. The van der Waals surface area contributed by atoms with Crippen LogP contribution in [0.15, 0.2) is 0 Å². The van der Waals surface area contributed by atoms with Gasteiger partial charge in [0, 0.05) is 23.0 Å². The summed E-state index contributed by atoms with van der Waals surface area (Å²) >= 11 is 0. The van der Waals surface area contributed by atoms with E-state index in [1.165, 1.54) is 0 Å². The van der Waals surface area contributed by atoms with E-state index in [0.717, 1.165) is 81.7 Å². The number of phenols is 2. The minimum Gasteiger partial charge on any atom is -0.507 e. The molecule has 1 fully saturated rings. The van der Waals surface area contributed by atoms with Crippen LogP contribution in [0.1, 0.15) is 96.9 Å². The molecule has 1 aliphatic carbocycles. The van der Waals surface area contributed by atoms with E-state index in [2.05, 4.69) is 0 Å². The van der Waals surface area contributed by atoms with Crippen molar-refractivity contribution < 1.29 is 38.7 Å². The van der Waals surface area contributed by atoms with Gasteiger partial charge in [0.1, 0.15) is 23.0 Å². The largest absolute Gasteiger partial charge is 0.507 e. The minimum atomic E-state index is -0.493. The number of hydrogen-bond acceptors (Lipinski definition) is 8. The molecule has 0 saturated heterocycles. The van der Waals surface area contributed by atoms with Crippen LogP contribution in [0.2, 0.25) is 0 Å². The van der Waals surface area contributed by atoms with Crippen molar-refractivity contribution in [2.45, 2.75) is 119 Å². The number of hydrogen-bond donors (Lipinski definition) is 2. The lowest BCUT2D eigenvalue weighted by Gasteiger charge is -2.35. The Morgan fingerprint density at radius 3 is 1.37 bits per heavy atom. The van der Waals surface area contributed by atoms with Gasteiger partial charge >= 0.3 is 11.9 Å². The average molecular weight is 637 g/mol. The number of carbonyl (C=O) groups is 2. The van der Waals surface area contributed by atoms with Gasteiger partial charge in [0.2, 0.25) is 0 Å². The molecule has 46 heavy (non-hydrogen) atoms. The maximum atomic E-state index is 13.3. The molecule has 2 aromatic carbocycles. The fourth-order valence-electron chi connectivity index (χ4n) is 7.77. The number of rotatable bonds is 8. The lowest BCUT2D eigenvalue weighted by molar-refractivity contribution is -0.163. The fraction of sp³-hybridized carbons (Fsp3) is 0.632. The average Bonchev–Trinajstić information content (AvgIpc) is 3.05. The van der Waals surface area contributed by atoms with Crippen LogP contribution >= 0.6 is 0 Å². The van der Waals surface area contributed by atoms with Crippen molar-refractivity contribution in [2.75, 3.05) is 13.2 Å². The van der Waals surface area contributed by atoms with Crippen LogP contribution in [0.5, 0.6) is 23.0 Å².